The van der Waals surface area contributed by atoms with Crippen LogP contribution < -0.4 is 5.32 Å². The number of aliphatic hydroxyl groups is 1. The maximum atomic E-state index is 12.1. The molecule has 1 aromatic rings. The van der Waals surface area contributed by atoms with E-state index in [-0.39, 0.29) is 31.0 Å². The van der Waals surface area contributed by atoms with Crippen molar-refractivity contribution < 1.29 is 14.7 Å². The van der Waals surface area contributed by atoms with Gasteiger partial charge in [-0.1, -0.05) is 25.1 Å². The SMILES string of the molecule is CCC(CCO)NC(=O)CN(C)C(=O)c1ccccc1. The number of hydrogen-bond acceptors (Lipinski definition) is 3. The van der Waals surface area contributed by atoms with Crippen LogP contribution >= 0.6 is 0 Å². The molecule has 1 rings (SSSR count). The zero-order valence-corrected chi connectivity index (χ0v) is 12.0. The normalized spacial score (nSPS) is 11.8. The summed E-state index contributed by atoms with van der Waals surface area (Å²) in [4.78, 5) is 25.3. The molecule has 0 spiro atoms. The fourth-order valence-corrected chi connectivity index (χ4v) is 1.90. The van der Waals surface area contributed by atoms with Crippen molar-refractivity contribution in [3.05, 3.63) is 35.9 Å². The Balaban J connectivity index is 2.51. The molecule has 1 aromatic carbocycles. The third-order valence-electron chi connectivity index (χ3n) is 3.08. The summed E-state index contributed by atoms with van der Waals surface area (Å²) >= 11 is 0. The van der Waals surface area contributed by atoms with Crippen LogP contribution in [0.1, 0.15) is 30.1 Å². The molecule has 0 radical (unpaired) electrons. The van der Waals surface area contributed by atoms with E-state index in [2.05, 4.69) is 5.32 Å². The molecule has 1 unspecified atom stereocenters. The van der Waals surface area contributed by atoms with Crippen LogP contribution in [0.4, 0.5) is 0 Å². The number of aliphatic hydroxyl groups excluding tert-OH is 1. The molecule has 0 aromatic heterocycles. The van der Waals surface area contributed by atoms with Gasteiger partial charge in [-0.25, -0.2) is 0 Å². The maximum absolute atomic E-state index is 12.1. The second kappa shape index (κ2) is 8.32. The van der Waals surface area contributed by atoms with Gasteiger partial charge in [0.15, 0.2) is 0 Å². The molecule has 0 aliphatic rings. The summed E-state index contributed by atoms with van der Waals surface area (Å²) in [6.07, 6.45) is 1.28. The van der Waals surface area contributed by atoms with Crippen LogP contribution in [0.3, 0.4) is 0 Å². The Labute approximate surface area is 119 Å². The highest BCUT2D eigenvalue weighted by Crippen LogP contribution is 2.03. The first-order chi connectivity index (χ1) is 9.58. The summed E-state index contributed by atoms with van der Waals surface area (Å²) in [7, 11) is 1.60. The number of nitrogens with one attached hydrogen (secondary N) is 1. The average molecular weight is 278 g/mol. The molecule has 0 saturated carbocycles. The number of rotatable bonds is 7. The topological polar surface area (TPSA) is 69.6 Å². The van der Waals surface area contributed by atoms with Crippen LogP contribution in [0.25, 0.3) is 0 Å². The van der Waals surface area contributed by atoms with Crippen molar-refractivity contribution in [2.24, 2.45) is 0 Å². The minimum Gasteiger partial charge on any atom is -0.396 e. The summed E-state index contributed by atoms with van der Waals surface area (Å²) in [6.45, 7) is 1.99. The first-order valence-electron chi connectivity index (χ1n) is 6.79. The fraction of sp³-hybridized carbons (Fsp3) is 0.467. The number of likely N-dealkylation sites (N-methyl/N-ethyl adjacent to an activating group) is 1. The van der Waals surface area contributed by atoms with E-state index in [0.29, 0.717) is 12.0 Å². The van der Waals surface area contributed by atoms with Gasteiger partial charge in [0.2, 0.25) is 5.91 Å². The van der Waals surface area contributed by atoms with Crippen molar-refractivity contribution >= 4 is 11.8 Å². The molecule has 110 valence electrons. The summed E-state index contributed by atoms with van der Waals surface area (Å²) in [5, 5.41) is 11.7. The van der Waals surface area contributed by atoms with Crippen LogP contribution in [-0.2, 0) is 4.79 Å². The van der Waals surface area contributed by atoms with Crippen LogP contribution in [0.2, 0.25) is 0 Å². The molecule has 0 heterocycles. The monoisotopic (exact) mass is 278 g/mol. The Kier molecular flexibility index (Phi) is 6.73. The minimum absolute atomic E-state index is 0.00958. The minimum atomic E-state index is -0.211. The number of amides is 2. The van der Waals surface area contributed by atoms with Gasteiger partial charge in [-0.3, -0.25) is 9.59 Å². The Morgan fingerprint density at radius 2 is 1.95 bits per heavy atom. The quantitative estimate of drug-likeness (QED) is 0.783. The number of hydrogen-bond donors (Lipinski definition) is 2. The van der Waals surface area contributed by atoms with Gasteiger partial charge in [0.05, 0.1) is 6.54 Å². The second-order valence-electron chi connectivity index (χ2n) is 4.71. The molecule has 2 amide bonds. The molecule has 1 atom stereocenters. The van der Waals surface area contributed by atoms with Crippen LogP contribution in [-0.4, -0.2) is 48.1 Å². The van der Waals surface area contributed by atoms with Crippen molar-refractivity contribution in [3.8, 4) is 0 Å². The largest absolute Gasteiger partial charge is 0.396 e. The van der Waals surface area contributed by atoms with Gasteiger partial charge in [-0.2, -0.15) is 0 Å². The van der Waals surface area contributed by atoms with Gasteiger partial charge in [0, 0.05) is 25.3 Å². The van der Waals surface area contributed by atoms with E-state index in [1.807, 2.05) is 13.0 Å². The average Bonchev–Trinajstić information content (AvgIpc) is 2.46. The van der Waals surface area contributed by atoms with Gasteiger partial charge in [-0.05, 0) is 25.0 Å². The molecule has 0 bridgehead atoms. The van der Waals surface area contributed by atoms with Crippen LogP contribution in [0.5, 0.6) is 0 Å². The molecule has 0 aliphatic carbocycles. The molecule has 2 N–H and O–H groups in total. The highest BCUT2D eigenvalue weighted by molar-refractivity contribution is 5.96. The number of nitrogens with zero attached hydrogens (tertiary/aromatic N) is 1. The predicted molar refractivity (Wildman–Crippen MR) is 77.3 cm³/mol. The van der Waals surface area contributed by atoms with Gasteiger partial charge in [0.25, 0.3) is 5.91 Å². The van der Waals surface area contributed by atoms with Gasteiger partial charge in [-0.15, -0.1) is 0 Å². The maximum Gasteiger partial charge on any atom is 0.254 e. The van der Waals surface area contributed by atoms with E-state index in [4.69, 9.17) is 5.11 Å². The van der Waals surface area contributed by atoms with E-state index >= 15 is 0 Å². The first kappa shape index (κ1) is 16.2. The summed E-state index contributed by atoms with van der Waals surface area (Å²) < 4.78 is 0. The molecular formula is C15H22N2O3. The van der Waals surface area contributed by atoms with E-state index in [0.717, 1.165) is 6.42 Å². The lowest BCUT2D eigenvalue weighted by Gasteiger charge is -2.20. The number of carbonyl (C=O) groups excluding carboxylic acids is 2. The van der Waals surface area contributed by atoms with Gasteiger partial charge < -0.3 is 15.3 Å². The van der Waals surface area contributed by atoms with E-state index in [9.17, 15) is 9.59 Å². The van der Waals surface area contributed by atoms with Gasteiger partial charge in [0.1, 0.15) is 0 Å². The molecule has 5 nitrogen and oxygen atoms in total. The predicted octanol–water partition coefficient (Wildman–Crippen LogP) is 1.04. The smallest absolute Gasteiger partial charge is 0.254 e. The Morgan fingerprint density at radius 3 is 2.50 bits per heavy atom. The first-order valence-corrected chi connectivity index (χ1v) is 6.79. The van der Waals surface area contributed by atoms with E-state index in [1.54, 1.807) is 31.3 Å². The standard InChI is InChI=1S/C15H22N2O3/c1-3-13(9-10-18)16-14(19)11-17(2)15(20)12-7-5-4-6-8-12/h4-8,13,18H,3,9-11H2,1-2H3,(H,16,19). The second-order valence-corrected chi connectivity index (χ2v) is 4.71. The summed E-state index contributed by atoms with van der Waals surface area (Å²) in [5.41, 5.74) is 0.560. The number of benzene rings is 1. The molecule has 0 aliphatic heterocycles. The third-order valence-corrected chi connectivity index (χ3v) is 3.08. The summed E-state index contributed by atoms with van der Waals surface area (Å²) in [5.74, 6) is -0.395. The Hall–Kier alpha value is -1.88. The number of carbonyl (C=O) groups is 2. The van der Waals surface area contributed by atoms with E-state index < -0.39 is 0 Å². The molecule has 5 heteroatoms. The zero-order chi connectivity index (χ0) is 15.0. The van der Waals surface area contributed by atoms with Crippen molar-refractivity contribution in [1.29, 1.82) is 0 Å². The highest BCUT2D eigenvalue weighted by Gasteiger charge is 2.16. The van der Waals surface area contributed by atoms with Crippen molar-refractivity contribution in [2.45, 2.75) is 25.8 Å². The van der Waals surface area contributed by atoms with Crippen molar-refractivity contribution in [3.63, 3.8) is 0 Å². The zero-order valence-electron chi connectivity index (χ0n) is 12.0. The molecule has 20 heavy (non-hydrogen) atoms. The highest BCUT2D eigenvalue weighted by atomic mass is 16.3. The lowest BCUT2D eigenvalue weighted by molar-refractivity contribution is -0.122. The molecule has 0 fully saturated rings. The van der Waals surface area contributed by atoms with Gasteiger partial charge >= 0.3 is 0 Å². The van der Waals surface area contributed by atoms with E-state index in [1.165, 1.54) is 4.90 Å². The van der Waals surface area contributed by atoms with Crippen molar-refractivity contribution in [2.75, 3.05) is 20.2 Å². The Morgan fingerprint density at radius 1 is 1.30 bits per heavy atom. The Bertz CT molecular complexity index is 434. The summed E-state index contributed by atoms with van der Waals surface area (Å²) in [6, 6.07) is 8.80. The lowest BCUT2D eigenvalue weighted by atomic mass is 10.1. The van der Waals surface area contributed by atoms with Crippen LogP contribution in [0, 0.1) is 0 Å². The van der Waals surface area contributed by atoms with Crippen LogP contribution in [0.15, 0.2) is 30.3 Å². The molecule has 0 saturated heterocycles. The fourth-order valence-electron chi connectivity index (χ4n) is 1.90. The third kappa shape index (κ3) is 5.01. The van der Waals surface area contributed by atoms with Crippen molar-refractivity contribution in [1.82, 2.24) is 10.2 Å². The lowest BCUT2D eigenvalue weighted by Crippen LogP contribution is -2.42. The molecular weight excluding hydrogens is 256 g/mol.